The van der Waals surface area contributed by atoms with Gasteiger partial charge in [0.1, 0.15) is 5.82 Å². The van der Waals surface area contributed by atoms with Crippen molar-refractivity contribution >= 4 is 40.0 Å². The second-order valence-corrected chi connectivity index (χ2v) is 5.53. The van der Waals surface area contributed by atoms with E-state index in [1.165, 1.54) is 23.1 Å². The summed E-state index contributed by atoms with van der Waals surface area (Å²) < 4.78 is 0.917. The van der Waals surface area contributed by atoms with Gasteiger partial charge < -0.3 is 5.73 Å². The minimum Gasteiger partial charge on any atom is -0.375 e. The van der Waals surface area contributed by atoms with E-state index in [1.54, 1.807) is 24.5 Å². The van der Waals surface area contributed by atoms with E-state index in [4.69, 9.17) is 5.73 Å². The Balaban J connectivity index is 1.73. The fourth-order valence-corrected chi connectivity index (χ4v) is 2.64. The van der Waals surface area contributed by atoms with Crippen LogP contribution in [0.2, 0.25) is 0 Å². The minimum atomic E-state index is -0.141. The van der Waals surface area contributed by atoms with Crippen LogP contribution in [0.3, 0.4) is 0 Å². The Labute approximate surface area is 112 Å². The highest BCUT2D eigenvalue weighted by molar-refractivity contribution is 8.01. The molecule has 0 fully saturated rings. The summed E-state index contributed by atoms with van der Waals surface area (Å²) in [6, 6.07) is 5.39. The van der Waals surface area contributed by atoms with Gasteiger partial charge in [0.15, 0.2) is 5.13 Å². The highest BCUT2D eigenvalue weighted by Crippen LogP contribution is 2.25. The van der Waals surface area contributed by atoms with E-state index in [-0.39, 0.29) is 5.91 Å². The van der Waals surface area contributed by atoms with E-state index in [0.717, 1.165) is 4.21 Å². The highest BCUT2D eigenvalue weighted by atomic mass is 32.2. The van der Waals surface area contributed by atoms with Crippen LogP contribution in [0, 0.1) is 0 Å². The number of carbonyl (C=O) groups is 1. The number of amides is 1. The van der Waals surface area contributed by atoms with Gasteiger partial charge in [-0.05, 0) is 12.1 Å². The number of rotatable bonds is 5. The van der Waals surface area contributed by atoms with Crippen molar-refractivity contribution < 1.29 is 4.79 Å². The number of nitrogens with two attached hydrogens (primary N) is 1. The first kappa shape index (κ1) is 12.7. The van der Waals surface area contributed by atoms with Crippen molar-refractivity contribution in [3.63, 3.8) is 0 Å². The number of thioether (sulfide) groups is 1. The van der Waals surface area contributed by atoms with E-state index in [0.29, 0.717) is 16.7 Å². The summed E-state index contributed by atoms with van der Waals surface area (Å²) in [7, 11) is 0. The molecule has 0 aromatic carbocycles. The standard InChI is InChI=1S/C10H11N5OS2/c11-10-13-5-9(18-10)17-6-8(16)15-14-7-3-1-2-4-12-7/h1-5H,6H2,(H2,11,13)(H,12,14)(H,15,16). The number of anilines is 2. The molecule has 0 atom stereocenters. The molecule has 4 N–H and O–H groups in total. The Morgan fingerprint density at radius 1 is 1.44 bits per heavy atom. The summed E-state index contributed by atoms with van der Waals surface area (Å²) in [4.78, 5) is 19.4. The largest absolute Gasteiger partial charge is 0.375 e. The summed E-state index contributed by atoms with van der Waals surface area (Å²) in [5.41, 5.74) is 10.8. The molecule has 0 aliphatic carbocycles. The van der Waals surface area contributed by atoms with Crippen LogP contribution in [0.5, 0.6) is 0 Å². The molecule has 0 aliphatic heterocycles. The topological polar surface area (TPSA) is 92.9 Å². The zero-order valence-electron chi connectivity index (χ0n) is 9.29. The maximum absolute atomic E-state index is 11.5. The molecule has 2 aromatic heterocycles. The minimum absolute atomic E-state index is 0.141. The van der Waals surface area contributed by atoms with Gasteiger partial charge in [-0.1, -0.05) is 17.4 Å². The lowest BCUT2D eigenvalue weighted by Crippen LogP contribution is -2.31. The Hall–Kier alpha value is -1.80. The van der Waals surface area contributed by atoms with Gasteiger partial charge in [0.25, 0.3) is 0 Å². The van der Waals surface area contributed by atoms with Crippen LogP contribution in [0.4, 0.5) is 10.9 Å². The van der Waals surface area contributed by atoms with E-state index in [2.05, 4.69) is 20.8 Å². The first-order valence-corrected chi connectivity index (χ1v) is 6.84. The number of hydrogen-bond acceptors (Lipinski definition) is 7. The summed E-state index contributed by atoms with van der Waals surface area (Å²) >= 11 is 2.75. The lowest BCUT2D eigenvalue weighted by atomic mass is 10.5. The number of nitrogens with zero attached hydrogens (tertiary/aromatic N) is 2. The van der Waals surface area contributed by atoms with Gasteiger partial charge in [-0.15, -0.1) is 11.8 Å². The molecule has 0 aliphatic rings. The van der Waals surface area contributed by atoms with Crippen LogP contribution < -0.4 is 16.6 Å². The maximum atomic E-state index is 11.5. The molecule has 2 aromatic rings. The quantitative estimate of drug-likeness (QED) is 0.566. The molecule has 2 rings (SSSR count). The van der Waals surface area contributed by atoms with E-state index >= 15 is 0 Å². The average molecular weight is 281 g/mol. The van der Waals surface area contributed by atoms with Crippen molar-refractivity contribution in [2.75, 3.05) is 16.9 Å². The second-order valence-electron chi connectivity index (χ2n) is 3.19. The normalized spacial score (nSPS) is 10.0. The number of carbonyl (C=O) groups excluding carboxylic acids is 1. The summed E-state index contributed by atoms with van der Waals surface area (Å²) in [6.07, 6.45) is 3.30. The van der Waals surface area contributed by atoms with Crippen LogP contribution in [0.1, 0.15) is 0 Å². The molecule has 8 heteroatoms. The Morgan fingerprint density at radius 2 is 2.33 bits per heavy atom. The molecule has 1 amide bonds. The second kappa shape index (κ2) is 6.22. The number of hydrazine groups is 1. The van der Waals surface area contributed by atoms with Gasteiger partial charge >= 0.3 is 0 Å². The highest BCUT2D eigenvalue weighted by Gasteiger charge is 2.05. The van der Waals surface area contributed by atoms with Gasteiger partial charge in [-0.3, -0.25) is 15.6 Å². The molecule has 0 spiro atoms. The third kappa shape index (κ3) is 3.90. The Morgan fingerprint density at radius 3 is 3.00 bits per heavy atom. The van der Waals surface area contributed by atoms with Crippen molar-refractivity contribution in [1.29, 1.82) is 0 Å². The molecule has 18 heavy (non-hydrogen) atoms. The summed E-state index contributed by atoms with van der Waals surface area (Å²) in [5.74, 6) is 0.747. The number of nitrogens with one attached hydrogen (secondary N) is 2. The monoisotopic (exact) mass is 281 g/mol. The summed E-state index contributed by atoms with van der Waals surface area (Å²) in [5, 5.41) is 0.504. The van der Waals surface area contributed by atoms with Crippen molar-refractivity contribution in [2.45, 2.75) is 4.21 Å². The van der Waals surface area contributed by atoms with E-state index in [9.17, 15) is 4.79 Å². The fraction of sp³-hybridized carbons (Fsp3) is 0.100. The van der Waals surface area contributed by atoms with Crippen molar-refractivity contribution in [1.82, 2.24) is 15.4 Å². The molecule has 94 valence electrons. The third-order valence-electron chi connectivity index (χ3n) is 1.84. The van der Waals surface area contributed by atoms with Gasteiger partial charge in [0, 0.05) is 6.20 Å². The van der Waals surface area contributed by atoms with E-state index < -0.39 is 0 Å². The number of pyridine rings is 1. The predicted molar refractivity (Wildman–Crippen MR) is 73.3 cm³/mol. The molecule has 2 heterocycles. The smallest absolute Gasteiger partial charge is 0.248 e. The van der Waals surface area contributed by atoms with Crippen LogP contribution in [-0.4, -0.2) is 21.6 Å². The first-order chi connectivity index (χ1) is 8.74. The Bertz CT molecular complexity index is 516. The number of aromatic nitrogens is 2. The van der Waals surface area contributed by atoms with Gasteiger partial charge in [-0.2, -0.15) is 0 Å². The average Bonchev–Trinajstić information content (AvgIpc) is 2.81. The molecule has 0 saturated heterocycles. The van der Waals surface area contributed by atoms with Gasteiger partial charge in [0.05, 0.1) is 16.2 Å². The van der Waals surface area contributed by atoms with Gasteiger partial charge in [-0.25, -0.2) is 9.97 Å². The lowest BCUT2D eigenvalue weighted by Gasteiger charge is -2.06. The van der Waals surface area contributed by atoms with Crippen LogP contribution >= 0.6 is 23.1 Å². The fourth-order valence-electron chi connectivity index (χ4n) is 1.08. The van der Waals surface area contributed by atoms with Crippen LogP contribution in [-0.2, 0) is 4.79 Å². The first-order valence-electron chi connectivity index (χ1n) is 5.04. The maximum Gasteiger partial charge on any atom is 0.248 e. The molecule has 0 bridgehead atoms. The van der Waals surface area contributed by atoms with Gasteiger partial charge in [0.2, 0.25) is 5.91 Å². The van der Waals surface area contributed by atoms with Crippen LogP contribution in [0.15, 0.2) is 34.8 Å². The Kier molecular flexibility index (Phi) is 4.37. The number of thiazole rings is 1. The molecular weight excluding hydrogens is 270 g/mol. The molecule has 0 unspecified atom stereocenters. The SMILES string of the molecule is Nc1ncc(SCC(=O)NNc2ccccn2)s1. The van der Waals surface area contributed by atoms with Crippen LogP contribution in [0.25, 0.3) is 0 Å². The zero-order chi connectivity index (χ0) is 12.8. The number of nitrogen functional groups attached to an aromatic ring is 1. The molecule has 0 saturated carbocycles. The van der Waals surface area contributed by atoms with Crippen molar-refractivity contribution in [3.8, 4) is 0 Å². The van der Waals surface area contributed by atoms with E-state index in [1.807, 2.05) is 6.07 Å². The third-order valence-corrected chi connectivity index (χ3v) is 3.86. The number of hydrogen-bond donors (Lipinski definition) is 3. The van der Waals surface area contributed by atoms with Crippen molar-refractivity contribution in [2.24, 2.45) is 0 Å². The predicted octanol–water partition coefficient (Wildman–Crippen LogP) is 1.36. The molecule has 0 radical (unpaired) electrons. The zero-order valence-corrected chi connectivity index (χ0v) is 10.9. The molecular formula is C10H11N5OS2. The molecule has 6 nitrogen and oxygen atoms in total. The van der Waals surface area contributed by atoms with Crippen molar-refractivity contribution in [3.05, 3.63) is 30.6 Å². The summed E-state index contributed by atoms with van der Waals surface area (Å²) in [6.45, 7) is 0. The lowest BCUT2D eigenvalue weighted by molar-refractivity contribution is -0.118.